The van der Waals surface area contributed by atoms with Gasteiger partial charge in [-0.05, 0) is 43.0 Å². The molecule has 156 valence electrons. The van der Waals surface area contributed by atoms with Crippen molar-refractivity contribution < 1.29 is 15.6 Å². The molecule has 0 bridgehead atoms. The Labute approximate surface area is 173 Å². The smallest absolute Gasteiger partial charge is 0.157 e. The number of aromatic nitrogens is 3. The molecule has 1 aromatic carbocycles. The van der Waals surface area contributed by atoms with Crippen molar-refractivity contribution >= 4 is 16.5 Å². The molecule has 0 atom stereocenters. The predicted molar refractivity (Wildman–Crippen MR) is 118 cm³/mol. The predicted octanol–water partition coefficient (Wildman–Crippen LogP) is 5.15. The average Bonchev–Trinajstić information content (AvgIpc) is 3.18. The van der Waals surface area contributed by atoms with Crippen LogP contribution in [0.1, 0.15) is 34.3 Å². The largest absolute Gasteiger partial charge is 0.493 e. The van der Waals surface area contributed by atoms with E-state index in [9.17, 15) is 0 Å². The van der Waals surface area contributed by atoms with Crippen LogP contribution in [0.3, 0.4) is 0 Å². The first-order valence-electron chi connectivity index (χ1n) is 9.95. The van der Waals surface area contributed by atoms with Crippen molar-refractivity contribution in [1.82, 2.24) is 14.8 Å². The first kappa shape index (κ1) is 20.9. The zero-order valence-electron chi connectivity index (χ0n) is 17.6. The number of benzene rings is 1. The van der Waals surface area contributed by atoms with Gasteiger partial charge in [0.25, 0.3) is 0 Å². The Kier molecular flexibility index (Phi) is 6.88. The summed E-state index contributed by atoms with van der Waals surface area (Å²) < 4.78 is 18.4. The van der Waals surface area contributed by atoms with Gasteiger partial charge < -0.3 is 14.2 Å². The lowest BCUT2D eigenvalue weighted by molar-refractivity contribution is 0.146. The Bertz CT molecular complexity index is 985. The van der Waals surface area contributed by atoms with Crippen molar-refractivity contribution in [2.24, 2.45) is 5.92 Å². The highest BCUT2D eigenvalue weighted by molar-refractivity contribution is 5.87. The van der Waals surface area contributed by atoms with Crippen LogP contribution in [0.4, 0.5) is 0 Å². The second kappa shape index (κ2) is 9.56. The monoisotopic (exact) mass is 397 g/mol. The molecule has 6 heteroatoms. The molecular formula is C23H31N3O3. The van der Waals surface area contributed by atoms with Gasteiger partial charge in [-0.2, -0.15) is 5.10 Å². The van der Waals surface area contributed by atoms with Crippen LogP contribution in [-0.4, -0.2) is 41.7 Å². The number of rotatable bonds is 10. The lowest BCUT2D eigenvalue weighted by Gasteiger charge is -2.12. The van der Waals surface area contributed by atoms with E-state index in [-0.39, 0.29) is 1.43 Å². The summed E-state index contributed by atoms with van der Waals surface area (Å²) in [4.78, 5) is 4.79. The zero-order chi connectivity index (χ0) is 20.8. The van der Waals surface area contributed by atoms with E-state index in [4.69, 9.17) is 19.2 Å². The van der Waals surface area contributed by atoms with Crippen LogP contribution in [-0.2, 0) is 4.74 Å². The fraction of sp³-hybridized carbons (Fsp3) is 0.391. The molecule has 0 fully saturated rings. The third-order valence-electron chi connectivity index (χ3n) is 4.43. The molecule has 0 N–H and O–H groups in total. The van der Waals surface area contributed by atoms with Crippen molar-refractivity contribution in [2.45, 2.75) is 27.2 Å². The molecule has 3 aromatic rings. The molecule has 2 aromatic heterocycles. The minimum Gasteiger partial charge on any atom is -0.493 e. The number of pyridine rings is 1. The standard InChI is InChI=1S/C23H29N3O3.H2/c1-6-28-22-15-23(26-10-9-20(25-26)17(4)13-16(2)3)24-21-14-18(7-8-19(21)22)29-12-11-27-5;/h7-10,14-16H,4,6,11-13H2,1-3,5H3;1H. The van der Waals surface area contributed by atoms with E-state index < -0.39 is 0 Å². The Morgan fingerprint density at radius 3 is 2.72 bits per heavy atom. The number of hydrogen-bond acceptors (Lipinski definition) is 5. The molecule has 0 saturated heterocycles. The Balaban J connectivity index is 0.00000320. The summed E-state index contributed by atoms with van der Waals surface area (Å²) in [5, 5.41) is 5.61. The van der Waals surface area contributed by atoms with Crippen LogP contribution < -0.4 is 9.47 Å². The molecule has 0 spiro atoms. The van der Waals surface area contributed by atoms with Crippen molar-refractivity contribution in [2.75, 3.05) is 26.9 Å². The highest BCUT2D eigenvalue weighted by Crippen LogP contribution is 2.30. The van der Waals surface area contributed by atoms with E-state index in [1.807, 2.05) is 43.5 Å². The first-order valence-corrected chi connectivity index (χ1v) is 9.95. The summed E-state index contributed by atoms with van der Waals surface area (Å²) in [5.41, 5.74) is 2.70. The fourth-order valence-corrected chi connectivity index (χ4v) is 3.13. The Morgan fingerprint density at radius 2 is 2.00 bits per heavy atom. The van der Waals surface area contributed by atoms with E-state index in [1.54, 1.807) is 11.8 Å². The van der Waals surface area contributed by atoms with Gasteiger partial charge in [0, 0.05) is 32.3 Å². The van der Waals surface area contributed by atoms with E-state index in [1.165, 1.54) is 0 Å². The van der Waals surface area contributed by atoms with Crippen LogP contribution in [0.15, 0.2) is 43.1 Å². The minimum atomic E-state index is 0. The third kappa shape index (κ3) is 5.15. The quantitative estimate of drug-likeness (QED) is 0.443. The maximum absolute atomic E-state index is 5.87. The molecule has 3 rings (SSSR count). The van der Waals surface area contributed by atoms with Gasteiger partial charge in [-0.15, -0.1) is 0 Å². The Morgan fingerprint density at radius 1 is 1.17 bits per heavy atom. The first-order chi connectivity index (χ1) is 14.0. The zero-order valence-corrected chi connectivity index (χ0v) is 17.6. The molecule has 29 heavy (non-hydrogen) atoms. The molecule has 0 saturated carbocycles. The van der Waals surface area contributed by atoms with Gasteiger partial charge >= 0.3 is 0 Å². The SMILES string of the molecule is C=C(CC(C)C)c1ccn(-c2cc(OCC)c3ccc(OCCOC)cc3n2)n1.[HH]. The molecule has 0 amide bonds. The molecule has 0 aliphatic heterocycles. The normalized spacial score (nSPS) is 11.2. The van der Waals surface area contributed by atoms with Crippen LogP contribution in [0.5, 0.6) is 11.5 Å². The maximum atomic E-state index is 5.87. The molecule has 6 nitrogen and oxygen atoms in total. The van der Waals surface area contributed by atoms with E-state index in [0.29, 0.717) is 31.6 Å². The number of allylic oxidation sites excluding steroid dienone is 1. The van der Waals surface area contributed by atoms with Gasteiger partial charge in [0.2, 0.25) is 0 Å². The molecule has 0 radical (unpaired) electrons. The minimum absolute atomic E-state index is 0. The van der Waals surface area contributed by atoms with Crippen molar-refractivity contribution in [3.05, 3.63) is 48.8 Å². The van der Waals surface area contributed by atoms with Crippen LogP contribution in [0, 0.1) is 5.92 Å². The maximum Gasteiger partial charge on any atom is 0.157 e. The molecule has 0 aliphatic rings. The van der Waals surface area contributed by atoms with Crippen LogP contribution >= 0.6 is 0 Å². The number of hydrogen-bond donors (Lipinski definition) is 0. The summed E-state index contributed by atoms with van der Waals surface area (Å²) >= 11 is 0. The number of fused-ring (bicyclic) bond motifs is 1. The third-order valence-corrected chi connectivity index (χ3v) is 4.43. The molecule has 0 unspecified atom stereocenters. The second-order valence-electron chi connectivity index (χ2n) is 7.28. The topological polar surface area (TPSA) is 58.4 Å². The van der Waals surface area contributed by atoms with Gasteiger partial charge in [0.05, 0.1) is 24.4 Å². The van der Waals surface area contributed by atoms with Crippen molar-refractivity contribution in [1.29, 1.82) is 0 Å². The van der Waals surface area contributed by atoms with Crippen molar-refractivity contribution in [3.63, 3.8) is 0 Å². The molecule has 2 heterocycles. The number of methoxy groups -OCH3 is 1. The summed E-state index contributed by atoms with van der Waals surface area (Å²) in [7, 11) is 1.65. The van der Waals surface area contributed by atoms with E-state index in [2.05, 4.69) is 25.5 Å². The summed E-state index contributed by atoms with van der Waals surface area (Å²) in [5.74, 6) is 2.74. The van der Waals surface area contributed by atoms with Crippen molar-refractivity contribution in [3.8, 4) is 17.3 Å². The summed E-state index contributed by atoms with van der Waals surface area (Å²) in [6, 6.07) is 9.70. The highest BCUT2D eigenvalue weighted by atomic mass is 16.5. The lowest BCUT2D eigenvalue weighted by atomic mass is 10.0. The summed E-state index contributed by atoms with van der Waals surface area (Å²) in [6.07, 6.45) is 2.82. The van der Waals surface area contributed by atoms with Gasteiger partial charge in [-0.3, -0.25) is 0 Å². The number of ether oxygens (including phenoxy) is 3. The van der Waals surface area contributed by atoms with Gasteiger partial charge in [-0.1, -0.05) is 20.4 Å². The van der Waals surface area contributed by atoms with Crippen LogP contribution in [0.25, 0.3) is 22.3 Å². The van der Waals surface area contributed by atoms with Crippen LogP contribution in [0.2, 0.25) is 0 Å². The number of nitrogens with zero attached hydrogens (tertiary/aromatic N) is 3. The van der Waals surface area contributed by atoms with Gasteiger partial charge in [0.1, 0.15) is 18.1 Å². The lowest BCUT2D eigenvalue weighted by Crippen LogP contribution is -2.05. The highest BCUT2D eigenvalue weighted by Gasteiger charge is 2.12. The van der Waals surface area contributed by atoms with E-state index >= 15 is 0 Å². The van der Waals surface area contributed by atoms with Gasteiger partial charge in [-0.25, -0.2) is 9.67 Å². The average molecular weight is 398 g/mol. The fourth-order valence-electron chi connectivity index (χ4n) is 3.13. The summed E-state index contributed by atoms with van der Waals surface area (Å²) in [6.45, 7) is 12.1. The van der Waals surface area contributed by atoms with Gasteiger partial charge in [0.15, 0.2) is 5.82 Å². The second-order valence-corrected chi connectivity index (χ2v) is 7.28. The molecule has 0 aliphatic carbocycles. The molecular weight excluding hydrogens is 366 g/mol. The Hall–Kier alpha value is -2.86. The van der Waals surface area contributed by atoms with E-state index in [0.717, 1.165) is 40.1 Å².